The molecule has 2 heteroatoms. The normalized spacial score (nSPS) is 26.6. The summed E-state index contributed by atoms with van der Waals surface area (Å²) in [4.78, 5) is 0. The lowest BCUT2D eigenvalue weighted by molar-refractivity contribution is 0.161. The Labute approximate surface area is 122 Å². The van der Waals surface area contributed by atoms with Gasteiger partial charge in [-0.15, -0.1) is 0 Å². The second-order valence-corrected chi connectivity index (χ2v) is 5.95. The molecule has 3 rings (SSSR count). The van der Waals surface area contributed by atoms with E-state index in [1.165, 1.54) is 30.6 Å². The Morgan fingerprint density at radius 2 is 2.15 bits per heavy atom. The summed E-state index contributed by atoms with van der Waals surface area (Å²) >= 11 is 0. The predicted molar refractivity (Wildman–Crippen MR) is 82.6 cm³/mol. The van der Waals surface area contributed by atoms with Crippen LogP contribution in [0.5, 0.6) is 0 Å². The lowest BCUT2D eigenvalue weighted by atomic mass is 10.0. The smallest absolute Gasteiger partial charge is 0.109 e. The topological polar surface area (TPSA) is 21.3 Å². The Balaban J connectivity index is 1.69. The highest BCUT2D eigenvalue weighted by molar-refractivity contribution is 5.29. The quantitative estimate of drug-likeness (QED) is 0.848. The summed E-state index contributed by atoms with van der Waals surface area (Å²) in [5.74, 6) is 2.61. The number of nitrogens with one attached hydrogen (secondary N) is 1. The fraction of sp³-hybridized carbons (Fsp3) is 0.556. The molecule has 20 heavy (non-hydrogen) atoms. The zero-order chi connectivity index (χ0) is 13.8. The molecule has 108 valence electrons. The first kappa shape index (κ1) is 13.7. The molecule has 1 heterocycles. The Morgan fingerprint density at radius 1 is 1.30 bits per heavy atom. The molecule has 0 amide bonds. The third-order valence-corrected chi connectivity index (χ3v) is 4.38. The largest absolute Gasteiger partial charge is 0.497 e. The van der Waals surface area contributed by atoms with Gasteiger partial charge in [-0.2, -0.15) is 0 Å². The van der Waals surface area contributed by atoms with Gasteiger partial charge in [0.15, 0.2) is 0 Å². The first-order chi connectivity index (χ1) is 9.90. The second-order valence-electron chi connectivity index (χ2n) is 5.95. The van der Waals surface area contributed by atoms with E-state index in [2.05, 4.69) is 48.6 Å². The molecular weight excluding hydrogens is 246 g/mol. The van der Waals surface area contributed by atoms with E-state index in [-0.39, 0.29) is 0 Å². The fourth-order valence-electron chi connectivity index (χ4n) is 3.22. The second kappa shape index (κ2) is 6.45. The number of ether oxygens (including phenoxy) is 1. The van der Waals surface area contributed by atoms with Crippen molar-refractivity contribution in [2.75, 3.05) is 13.2 Å². The van der Waals surface area contributed by atoms with Crippen molar-refractivity contribution in [3.63, 3.8) is 0 Å². The van der Waals surface area contributed by atoms with E-state index in [1.54, 1.807) is 0 Å². The first-order valence-electron chi connectivity index (χ1n) is 8.01. The Kier molecular flexibility index (Phi) is 4.41. The van der Waals surface area contributed by atoms with Crippen molar-refractivity contribution >= 4 is 0 Å². The zero-order valence-corrected chi connectivity index (χ0v) is 12.3. The van der Waals surface area contributed by atoms with E-state index in [9.17, 15) is 0 Å². The molecule has 3 atom stereocenters. The van der Waals surface area contributed by atoms with Gasteiger partial charge in [0.2, 0.25) is 0 Å². The van der Waals surface area contributed by atoms with E-state index in [0.29, 0.717) is 17.9 Å². The van der Waals surface area contributed by atoms with Crippen molar-refractivity contribution in [3.05, 3.63) is 47.7 Å². The standard InChI is InChI=1S/C18H25NO/c1-2-11-19-18(17-10-6-7-12-20-17)16-13-15(16)14-8-4-3-5-9-14/h3-5,8-10,15-16,18-19H,2,6-7,11-13H2,1H3. The number of benzene rings is 1. The van der Waals surface area contributed by atoms with Crippen LogP contribution in [0.25, 0.3) is 0 Å². The average molecular weight is 271 g/mol. The Morgan fingerprint density at radius 3 is 2.85 bits per heavy atom. The first-order valence-corrected chi connectivity index (χ1v) is 8.01. The molecule has 1 aromatic rings. The van der Waals surface area contributed by atoms with Crippen molar-refractivity contribution in [3.8, 4) is 0 Å². The van der Waals surface area contributed by atoms with Gasteiger partial charge in [0.1, 0.15) is 5.76 Å². The molecule has 0 saturated heterocycles. The molecule has 3 unspecified atom stereocenters. The van der Waals surface area contributed by atoms with E-state index >= 15 is 0 Å². The SMILES string of the molecule is CCCNC(C1=CCCCO1)C1CC1c1ccccc1. The van der Waals surface area contributed by atoms with Crippen molar-refractivity contribution in [2.24, 2.45) is 5.92 Å². The van der Waals surface area contributed by atoms with Crippen LogP contribution < -0.4 is 5.32 Å². The molecule has 0 spiro atoms. The van der Waals surface area contributed by atoms with E-state index < -0.39 is 0 Å². The molecule has 1 aromatic carbocycles. The van der Waals surface area contributed by atoms with Gasteiger partial charge < -0.3 is 10.1 Å². The van der Waals surface area contributed by atoms with Crippen LogP contribution in [0, 0.1) is 5.92 Å². The third kappa shape index (κ3) is 3.06. The van der Waals surface area contributed by atoms with Crippen molar-refractivity contribution in [2.45, 2.75) is 44.6 Å². The summed E-state index contributed by atoms with van der Waals surface area (Å²) in [5.41, 5.74) is 1.48. The summed E-state index contributed by atoms with van der Waals surface area (Å²) in [5, 5.41) is 3.71. The predicted octanol–water partition coefficient (Wildman–Crippen LogP) is 3.85. The van der Waals surface area contributed by atoms with E-state index in [1.807, 2.05) is 0 Å². The molecule has 2 nitrogen and oxygen atoms in total. The van der Waals surface area contributed by atoms with Crippen LogP contribution in [0.3, 0.4) is 0 Å². The van der Waals surface area contributed by atoms with Gasteiger partial charge in [0.25, 0.3) is 0 Å². The van der Waals surface area contributed by atoms with E-state index in [4.69, 9.17) is 4.74 Å². The van der Waals surface area contributed by atoms with Crippen LogP contribution in [0.2, 0.25) is 0 Å². The van der Waals surface area contributed by atoms with Gasteiger partial charge >= 0.3 is 0 Å². The summed E-state index contributed by atoms with van der Waals surface area (Å²) in [6.45, 7) is 4.18. The van der Waals surface area contributed by atoms with Crippen LogP contribution in [-0.2, 0) is 4.74 Å². The van der Waals surface area contributed by atoms with Gasteiger partial charge in [0.05, 0.1) is 12.6 Å². The summed E-state index contributed by atoms with van der Waals surface area (Å²) in [6, 6.07) is 11.3. The number of rotatable bonds is 6. The lowest BCUT2D eigenvalue weighted by Crippen LogP contribution is -2.35. The van der Waals surface area contributed by atoms with Crippen LogP contribution in [-0.4, -0.2) is 19.2 Å². The molecule has 1 N–H and O–H groups in total. The highest BCUT2D eigenvalue weighted by atomic mass is 16.5. The van der Waals surface area contributed by atoms with E-state index in [0.717, 1.165) is 19.6 Å². The molecule has 1 fully saturated rings. The van der Waals surface area contributed by atoms with Crippen molar-refractivity contribution in [1.82, 2.24) is 5.32 Å². The Hall–Kier alpha value is -1.28. The minimum absolute atomic E-state index is 0.417. The fourth-order valence-corrected chi connectivity index (χ4v) is 3.22. The van der Waals surface area contributed by atoms with Crippen LogP contribution in [0.1, 0.15) is 44.1 Å². The molecule has 0 radical (unpaired) electrons. The highest BCUT2D eigenvalue weighted by Gasteiger charge is 2.45. The summed E-state index contributed by atoms with van der Waals surface area (Å²) in [6.07, 6.45) is 7.09. The van der Waals surface area contributed by atoms with Crippen LogP contribution >= 0.6 is 0 Å². The molecule has 0 aromatic heterocycles. The summed E-state index contributed by atoms with van der Waals surface area (Å²) in [7, 11) is 0. The molecule has 1 aliphatic carbocycles. The van der Waals surface area contributed by atoms with Crippen molar-refractivity contribution in [1.29, 1.82) is 0 Å². The molecular formula is C18H25NO. The maximum absolute atomic E-state index is 5.92. The van der Waals surface area contributed by atoms with Gasteiger partial charge in [-0.05, 0) is 55.7 Å². The van der Waals surface area contributed by atoms with Gasteiger partial charge in [-0.25, -0.2) is 0 Å². The van der Waals surface area contributed by atoms with Crippen LogP contribution in [0.4, 0.5) is 0 Å². The highest BCUT2D eigenvalue weighted by Crippen LogP contribution is 2.51. The van der Waals surface area contributed by atoms with Gasteiger partial charge in [0, 0.05) is 0 Å². The molecule has 0 bridgehead atoms. The maximum atomic E-state index is 5.92. The lowest BCUT2D eigenvalue weighted by Gasteiger charge is -2.25. The van der Waals surface area contributed by atoms with Crippen LogP contribution in [0.15, 0.2) is 42.2 Å². The third-order valence-electron chi connectivity index (χ3n) is 4.38. The Bertz CT molecular complexity index is 454. The summed E-state index contributed by atoms with van der Waals surface area (Å²) < 4.78 is 5.92. The van der Waals surface area contributed by atoms with Crippen molar-refractivity contribution < 1.29 is 4.74 Å². The number of hydrogen-bond donors (Lipinski definition) is 1. The molecule has 1 aliphatic heterocycles. The number of hydrogen-bond acceptors (Lipinski definition) is 2. The zero-order valence-electron chi connectivity index (χ0n) is 12.3. The number of allylic oxidation sites excluding steroid dienone is 1. The molecule has 1 saturated carbocycles. The monoisotopic (exact) mass is 271 g/mol. The van der Waals surface area contributed by atoms with Gasteiger partial charge in [-0.3, -0.25) is 0 Å². The maximum Gasteiger partial charge on any atom is 0.109 e. The van der Waals surface area contributed by atoms with Gasteiger partial charge in [-0.1, -0.05) is 37.3 Å². The minimum Gasteiger partial charge on any atom is -0.497 e. The minimum atomic E-state index is 0.417. The average Bonchev–Trinajstić information content (AvgIpc) is 3.30. The molecule has 2 aliphatic rings.